The van der Waals surface area contributed by atoms with Gasteiger partial charge in [-0.3, -0.25) is 0 Å². The zero-order chi connectivity index (χ0) is 15.5. The Hall–Kier alpha value is -1.80. The predicted octanol–water partition coefficient (Wildman–Crippen LogP) is 4.12. The van der Waals surface area contributed by atoms with Gasteiger partial charge < -0.3 is 10.5 Å². The van der Waals surface area contributed by atoms with Gasteiger partial charge in [-0.1, -0.05) is 56.3 Å². The highest BCUT2D eigenvalue weighted by molar-refractivity contribution is 5.46. The monoisotopic (exact) mass is 283 g/mol. The number of hydrogen-bond acceptors (Lipinski definition) is 2. The maximum absolute atomic E-state index is 6.66. The first-order valence-corrected chi connectivity index (χ1v) is 7.47. The molecule has 0 bridgehead atoms. The van der Waals surface area contributed by atoms with E-state index >= 15 is 0 Å². The van der Waals surface area contributed by atoms with E-state index in [-0.39, 0.29) is 0 Å². The van der Waals surface area contributed by atoms with Crippen molar-refractivity contribution in [3.63, 3.8) is 0 Å². The standard InChI is InChI=1S/C19H25NO/c1-14(2)12-15-8-7-9-16(13-15)19(3,20)17-10-5-6-11-18(17)21-4/h5-11,13-14H,12,20H2,1-4H3. The normalized spacial score (nSPS) is 14.0. The van der Waals surface area contributed by atoms with Crippen molar-refractivity contribution in [1.82, 2.24) is 0 Å². The largest absolute Gasteiger partial charge is 0.496 e. The van der Waals surface area contributed by atoms with Crippen LogP contribution < -0.4 is 10.5 Å². The summed E-state index contributed by atoms with van der Waals surface area (Å²) in [5.74, 6) is 1.47. The molecule has 2 aromatic carbocycles. The number of hydrogen-bond donors (Lipinski definition) is 1. The van der Waals surface area contributed by atoms with Gasteiger partial charge in [0.25, 0.3) is 0 Å². The summed E-state index contributed by atoms with van der Waals surface area (Å²) in [6, 6.07) is 16.5. The minimum Gasteiger partial charge on any atom is -0.496 e. The second kappa shape index (κ2) is 6.31. The molecule has 0 heterocycles. The van der Waals surface area contributed by atoms with Crippen LogP contribution in [-0.4, -0.2) is 7.11 Å². The van der Waals surface area contributed by atoms with Crippen LogP contribution in [0.4, 0.5) is 0 Å². The first kappa shape index (κ1) is 15.6. The molecule has 112 valence electrons. The lowest BCUT2D eigenvalue weighted by molar-refractivity contribution is 0.399. The number of ether oxygens (including phenoxy) is 1. The number of benzene rings is 2. The molecule has 2 aromatic rings. The molecule has 0 amide bonds. The molecule has 2 rings (SSSR count). The SMILES string of the molecule is COc1ccccc1C(C)(N)c1cccc(CC(C)C)c1. The number of nitrogens with two attached hydrogens (primary N) is 1. The quantitative estimate of drug-likeness (QED) is 0.896. The van der Waals surface area contributed by atoms with E-state index < -0.39 is 5.54 Å². The molecule has 1 unspecified atom stereocenters. The van der Waals surface area contributed by atoms with Crippen molar-refractivity contribution in [2.24, 2.45) is 11.7 Å². The minimum absolute atomic E-state index is 0.570. The average molecular weight is 283 g/mol. The Balaban J connectivity index is 2.43. The van der Waals surface area contributed by atoms with Gasteiger partial charge in [0.15, 0.2) is 0 Å². The van der Waals surface area contributed by atoms with E-state index in [2.05, 4.69) is 38.1 Å². The highest BCUT2D eigenvalue weighted by Gasteiger charge is 2.27. The zero-order valence-electron chi connectivity index (χ0n) is 13.4. The molecule has 1 atom stereocenters. The van der Waals surface area contributed by atoms with Crippen LogP contribution in [0.3, 0.4) is 0 Å². The van der Waals surface area contributed by atoms with E-state index in [1.807, 2.05) is 31.2 Å². The zero-order valence-corrected chi connectivity index (χ0v) is 13.4. The van der Waals surface area contributed by atoms with Crippen molar-refractivity contribution in [3.8, 4) is 5.75 Å². The van der Waals surface area contributed by atoms with Crippen LogP contribution >= 0.6 is 0 Å². The third-order valence-corrected chi connectivity index (χ3v) is 3.84. The Labute approximate surface area is 127 Å². The summed E-state index contributed by atoms with van der Waals surface area (Å²) >= 11 is 0. The van der Waals surface area contributed by atoms with Gasteiger partial charge in [0.1, 0.15) is 5.75 Å². The summed E-state index contributed by atoms with van der Waals surface area (Å²) in [7, 11) is 1.68. The predicted molar refractivity (Wildman–Crippen MR) is 88.6 cm³/mol. The number of rotatable bonds is 5. The van der Waals surface area contributed by atoms with Crippen LogP contribution in [0.15, 0.2) is 48.5 Å². The maximum Gasteiger partial charge on any atom is 0.124 e. The van der Waals surface area contributed by atoms with Crippen LogP contribution in [0.1, 0.15) is 37.5 Å². The van der Waals surface area contributed by atoms with Gasteiger partial charge in [-0.05, 0) is 36.5 Å². The smallest absolute Gasteiger partial charge is 0.124 e. The summed E-state index contributed by atoms with van der Waals surface area (Å²) in [5.41, 5.74) is 9.54. The molecule has 2 nitrogen and oxygen atoms in total. The number of methoxy groups -OCH3 is 1. The van der Waals surface area contributed by atoms with Crippen LogP contribution in [0.2, 0.25) is 0 Å². The molecule has 0 saturated heterocycles. The Morgan fingerprint density at radius 2 is 1.81 bits per heavy atom. The molecule has 0 radical (unpaired) electrons. The van der Waals surface area contributed by atoms with E-state index in [1.54, 1.807) is 7.11 Å². The van der Waals surface area contributed by atoms with Crippen molar-refractivity contribution in [1.29, 1.82) is 0 Å². The second-order valence-electron chi connectivity index (χ2n) is 6.20. The lowest BCUT2D eigenvalue weighted by Crippen LogP contribution is -2.34. The fraction of sp³-hybridized carbons (Fsp3) is 0.368. The fourth-order valence-electron chi connectivity index (χ4n) is 2.72. The number of para-hydroxylation sites is 1. The molecule has 0 aromatic heterocycles. The molecule has 0 spiro atoms. The average Bonchev–Trinajstić information content (AvgIpc) is 2.46. The molecule has 0 fully saturated rings. The molecular weight excluding hydrogens is 258 g/mol. The Morgan fingerprint density at radius 3 is 2.48 bits per heavy atom. The van der Waals surface area contributed by atoms with E-state index in [1.165, 1.54) is 5.56 Å². The molecular formula is C19H25NO. The lowest BCUT2D eigenvalue weighted by Gasteiger charge is -2.28. The highest BCUT2D eigenvalue weighted by Crippen LogP contribution is 2.33. The van der Waals surface area contributed by atoms with Crippen molar-refractivity contribution in [2.45, 2.75) is 32.7 Å². The van der Waals surface area contributed by atoms with Crippen molar-refractivity contribution >= 4 is 0 Å². The molecule has 0 aliphatic carbocycles. The lowest BCUT2D eigenvalue weighted by atomic mass is 9.84. The molecule has 0 aliphatic rings. The fourth-order valence-corrected chi connectivity index (χ4v) is 2.72. The highest BCUT2D eigenvalue weighted by atomic mass is 16.5. The van der Waals surface area contributed by atoms with E-state index in [0.717, 1.165) is 23.3 Å². The van der Waals surface area contributed by atoms with Gasteiger partial charge in [0.2, 0.25) is 0 Å². The first-order chi connectivity index (χ1) is 9.95. The summed E-state index contributed by atoms with van der Waals surface area (Å²) in [5, 5.41) is 0. The van der Waals surface area contributed by atoms with Crippen molar-refractivity contribution in [2.75, 3.05) is 7.11 Å². The summed E-state index contributed by atoms with van der Waals surface area (Å²) in [6.45, 7) is 6.50. The summed E-state index contributed by atoms with van der Waals surface area (Å²) in [6.07, 6.45) is 1.07. The molecule has 2 heteroatoms. The van der Waals surface area contributed by atoms with Gasteiger partial charge in [-0.2, -0.15) is 0 Å². The van der Waals surface area contributed by atoms with Gasteiger partial charge in [-0.15, -0.1) is 0 Å². The maximum atomic E-state index is 6.66. The summed E-state index contributed by atoms with van der Waals surface area (Å²) < 4.78 is 5.47. The van der Waals surface area contributed by atoms with Gasteiger partial charge in [0.05, 0.1) is 12.6 Å². The van der Waals surface area contributed by atoms with Crippen LogP contribution in [0.25, 0.3) is 0 Å². The van der Waals surface area contributed by atoms with E-state index in [0.29, 0.717) is 5.92 Å². The van der Waals surface area contributed by atoms with E-state index in [4.69, 9.17) is 10.5 Å². The first-order valence-electron chi connectivity index (χ1n) is 7.47. The molecule has 2 N–H and O–H groups in total. The third kappa shape index (κ3) is 3.45. The van der Waals surface area contributed by atoms with Crippen LogP contribution in [0.5, 0.6) is 5.75 Å². The van der Waals surface area contributed by atoms with Crippen LogP contribution in [0, 0.1) is 5.92 Å². The Morgan fingerprint density at radius 1 is 1.10 bits per heavy atom. The third-order valence-electron chi connectivity index (χ3n) is 3.84. The topological polar surface area (TPSA) is 35.2 Å². The Kier molecular flexibility index (Phi) is 4.69. The summed E-state index contributed by atoms with van der Waals surface area (Å²) in [4.78, 5) is 0. The van der Waals surface area contributed by atoms with Crippen LogP contribution in [-0.2, 0) is 12.0 Å². The van der Waals surface area contributed by atoms with Gasteiger partial charge >= 0.3 is 0 Å². The second-order valence-corrected chi connectivity index (χ2v) is 6.20. The Bertz CT molecular complexity index is 602. The molecule has 21 heavy (non-hydrogen) atoms. The van der Waals surface area contributed by atoms with Gasteiger partial charge in [-0.25, -0.2) is 0 Å². The van der Waals surface area contributed by atoms with Gasteiger partial charge in [0, 0.05) is 5.56 Å². The van der Waals surface area contributed by atoms with E-state index in [9.17, 15) is 0 Å². The minimum atomic E-state index is -0.570. The van der Waals surface area contributed by atoms with Crippen molar-refractivity contribution in [3.05, 3.63) is 65.2 Å². The molecule has 0 saturated carbocycles. The molecule has 0 aliphatic heterocycles. The van der Waals surface area contributed by atoms with Crippen molar-refractivity contribution < 1.29 is 4.74 Å².